The summed E-state index contributed by atoms with van der Waals surface area (Å²) in [5.41, 5.74) is 0.0499. The van der Waals surface area contributed by atoms with Crippen LogP contribution in [0.3, 0.4) is 0 Å². The monoisotopic (exact) mass is 518 g/mol. The van der Waals surface area contributed by atoms with Crippen molar-refractivity contribution in [2.75, 3.05) is 47.1 Å². The Bertz CT molecular complexity index is 964. The summed E-state index contributed by atoms with van der Waals surface area (Å²) in [5, 5.41) is 3.02. The molecule has 0 unspecified atom stereocenters. The van der Waals surface area contributed by atoms with E-state index in [2.05, 4.69) is 5.32 Å². The van der Waals surface area contributed by atoms with E-state index < -0.39 is 17.7 Å². The Morgan fingerprint density at radius 2 is 1.84 bits per heavy atom. The van der Waals surface area contributed by atoms with E-state index in [-0.39, 0.29) is 31.3 Å². The molecule has 0 saturated carbocycles. The smallest absolute Gasteiger partial charge is 0.326 e. The lowest BCUT2D eigenvalue weighted by Crippen LogP contribution is -2.72. The molecule has 10 heteroatoms. The molecule has 2 atom stereocenters. The predicted molar refractivity (Wildman–Crippen MR) is 139 cm³/mol. The average molecular weight is 519 g/mol. The largest absolute Gasteiger partial charge is 0.454 e. The average Bonchev–Trinajstić information content (AvgIpc) is 3.35. The molecule has 2 aliphatic rings. The van der Waals surface area contributed by atoms with Crippen molar-refractivity contribution in [1.29, 1.82) is 0 Å². The molecule has 1 N–H and O–H groups in total. The second kappa shape index (κ2) is 12.6. The van der Waals surface area contributed by atoms with E-state index in [1.165, 1.54) is 0 Å². The van der Waals surface area contributed by atoms with Gasteiger partial charge in [0.05, 0.1) is 11.5 Å². The summed E-state index contributed by atoms with van der Waals surface area (Å²) in [4.78, 5) is 44.5. The third-order valence-electron chi connectivity index (χ3n) is 7.42. The Balaban J connectivity index is 1.73. The molecule has 1 saturated heterocycles. The van der Waals surface area contributed by atoms with Gasteiger partial charge in [-0.25, -0.2) is 9.69 Å². The number of nitrogens with one attached hydrogen (secondary N) is 1. The fourth-order valence-electron chi connectivity index (χ4n) is 4.95. The van der Waals surface area contributed by atoms with Crippen molar-refractivity contribution in [3.8, 4) is 11.5 Å². The maximum absolute atomic E-state index is 13.4. The first kappa shape index (κ1) is 28.7. The van der Waals surface area contributed by atoms with E-state index in [4.69, 9.17) is 14.2 Å². The number of hydrogen-bond acceptors (Lipinski definition) is 7. The Morgan fingerprint density at radius 3 is 2.46 bits per heavy atom. The van der Waals surface area contributed by atoms with E-state index in [0.29, 0.717) is 43.9 Å². The topological polar surface area (TPSA) is 101 Å². The van der Waals surface area contributed by atoms with Crippen molar-refractivity contribution in [2.45, 2.75) is 65.6 Å². The quantitative estimate of drug-likeness (QED) is 0.400. The summed E-state index contributed by atoms with van der Waals surface area (Å²) in [5.74, 6) is 0.879. The third kappa shape index (κ3) is 6.01. The summed E-state index contributed by atoms with van der Waals surface area (Å²) in [6, 6.07) is 4.75. The lowest BCUT2D eigenvalue weighted by molar-refractivity contribution is -0.212. The number of hydrogen-bond donors (Lipinski definition) is 1. The Morgan fingerprint density at radius 1 is 1.14 bits per heavy atom. The van der Waals surface area contributed by atoms with Gasteiger partial charge in [0.25, 0.3) is 0 Å². The van der Waals surface area contributed by atoms with Crippen LogP contribution in [0, 0.1) is 5.41 Å². The molecule has 3 rings (SSSR count). The number of ether oxygens (including phenoxy) is 3. The van der Waals surface area contributed by atoms with Crippen molar-refractivity contribution < 1.29 is 28.6 Å². The number of β-lactam (4-membered cyclic amide) rings is 1. The maximum atomic E-state index is 13.4. The molecule has 0 aliphatic carbocycles. The van der Waals surface area contributed by atoms with Crippen molar-refractivity contribution in [3.05, 3.63) is 23.8 Å². The number of nitrogens with zero attached hydrogens (tertiary/aromatic N) is 3. The lowest BCUT2D eigenvalue weighted by atomic mass is 9.72. The highest BCUT2D eigenvalue weighted by Crippen LogP contribution is 2.46. The second-order valence-electron chi connectivity index (χ2n) is 9.88. The first-order valence-electron chi connectivity index (χ1n) is 13.3. The Labute approximate surface area is 220 Å². The summed E-state index contributed by atoms with van der Waals surface area (Å²) in [7, 11) is 3.91. The van der Waals surface area contributed by atoms with E-state index >= 15 is 0 Å². The number of fused-ring (bicyclic) bond motifs is 1. The molecule has 1 fully saturated rings. The molecule has 10 nitrogen and oxygen atoms in total. The van der Waals surface area contributed by atoms with Gasteiger partial charge in [-0.1, -0.05) is 33.3 Å². The fourth-order valence-corrected chi connectivity index (χ4v) is 4.95. The highest BCUT2D eigenvalue weighted by molar-refractivity contribution is 6.03. The van der Waals surface area contributed by atoms with Gasteiger partial charge in [-0.3, -0.25) is 9.59 Å². The van der Waals surface area contributed by atoms with Gasteiger partial charge in [0.2, 0.25) is 18.6 Å². The van der Waals surface area contributed by atoms with Gasteiger partial charge in [0.1, 0.15) is 6.61 Å². The molecule has 0 bridgehead atoms. The minimum Gasteiger partial charge on any atom is -0.454 e. The SMILES string of the molecule is CCC[C@@H](NC(=O)N1C(=O)C(CC)(CC)[C@@H]1OCC(=O)N(CC)CCN(C)C)c1ccc2c(c1)OCO2. The zero-order valence-corrected chi connectivity index (χ0v) is 23.0. The van der Waals surface area contributed by atoms with Gasteiger partial charge in [-0.05, 0) is 58.0 Å². The number of likely N-dealkylation sites (tertiary alicyclic amines) is 1. The number of carbonyl (C=O) groups excluding carboxylic acids is 3. The van der Waals surface area contributed by atoms with Crippen LogP contribution in [0.15, 0.2) is 18.2 Å². The predicted octanol–water partition coefficient (Wildman–Crippen LogP) is 3.37. The number of carbonyl (C=O) groups is 3. The number of likely N-dealkylation sites (N-methyl/N-ethyl adjacent to an activating group) is 2. The third-order valence-corrected chi connectivity index (χ3v) is 7.42. The van der Waals surface area contributed by atoms with Crippen molar-refractivity contribution in [2.24, 2.45) is 5.41 Å². The number of imide groups is 1. The van der Waals surface area contributed by atoms with Gasteiger partial charge in [-0.2, -0.15) is 0 Å². The lowest BCUT2D eigenvalue weighted by Gasteiger charge is -2.53. The molecule has 2 aliphatic heterocycles. The van der Waals surface area contributed by atoms with Crippen LogP contribution in [0.4, 0.5) is 4.79 Å². The van der Waals surface area contributed by atoms with Crippen LogP contribution in [0.2, 0.25) is 0 Å². The van der Waals surface area contributed by atoms with Crippen LogP contribution >= 0.6 is 0 Å². The van der Waals surface area contributed by atoms with Crippen LogP contribution < -0.4 is 14.8 Å². The van der Waals surface area contributed by atoms with E-state index in [1.807, 2.05) is 64.9 Å². The minimum absolute atomic E-state index is 0.158. The fraction of sp³-hybridized carbons (Fsp3) is 0.667. The minimum atomic E-state index is -0.822. The molecule has 1 aromatic rings. The molecular weight excluding hydrogens is 476 g/mol. The van der Waals surface area contributed by atoms with E-state index in [9.17, 15) is 14.4 Å². The second-order valence-corrected chi connectivity index (χ2v) is 9.88. The zero-order valence-electron chi connectivity index (χ0n) is 23.0. The number of amides is 4. The molecule has 0 aromatic heterocycles. The van der Waals surface area contributed by atoms with Gasteiger partial charge < -0.3 is 29.3 Å². The van der Waals surface area contributed by atoms with Gasteiger partial charge in [0.15, 0.2) is 17.7 Å². The zero-order chi connectivity index (χ0) is 27.2. The van der Waals surface area contributed by atoms with Crippen LogP contribution in [-0.2, 0) is 14.3 Å². The van der Waals surface area contributed by atoms with Gasteiger partial charge in [-0.15, -0.1) is 0 Å². The molecule has 1 aromatic carbocycles. The standard InChI is InChI=1S/C27H42N4O6/c1-7-11-20(19-12-13-21-22(16-19)37-18-36-21)28-26(34)31-24(33)27(8-2,9-3)25(31)35-17-23(32)30(10-4)15-14-29(5)6/h12-13,16,20,25H,7-11,14-15,17-18H2,1-6H3,(H,28,34)/t20-,25+/m1/s1. The molecule has 0 spiro atoms. The van der Waals surface area contributed by atoms with Crippen LogP contribution in [0.25, 0.3) is 0 Å². The summed E-state index contributed by atoms with van der Waals surface area (Å²) in [6.07, 6.45) is 1.75. The molecule has 2 heterocycles. The number of rotatable bonds is 13. The highest BCUT2D eigenvalue weighted by Gasteiger charge is 2.62. The molecule has 206 valence electrons. The Kier molecular flexibility index (Phi) is 9.78. The molecule has 0 radical (unpaired) electrons. The van der Waals surface area contributed by atoms with Gasteiger partial charge >= 0.3 is 6.03 Å². The first-order chi connectivity index (χ1) is 17.7. The van der Waals surface area contributed by atoms with E-state index in [1.54, 1.807) is 4.90 Å². The van der Waals surface area contributed by atoms with Crippen LogP contribution in [0.5, 0.6) is 11.5 Å². The number of benzene rings is 1. The molecule has 4 amide bonds. The van der Waals surface area contributed by atoms with Gasteiger partial charge in [0, 0.05) is 19.6 Å². The summed E-state index contributed by atoms with van der Waals surface area (Å²) >= 11 is 0. The van der Waals surface area contributed by atoms with Crippen molar-refractivity contribution >= 4 is 17.8 Å². The Hall–Kier alpha value is -2.85. The van der Waals surface area contributed by atoms with Crippen LogP contribution in [0.1, 0.15) is 65.0 Å². The van der Waals surface area contributed by atoms with Crippen LogP contribution in [-0.4, -0.2) is 85.9 Å². The summed E-state index contributed by atoms with van der Waals surface area (Å²) < 4.78 is 16.9. The molecule has 37 heavy (non-hydrogen) atoms. The van der Waals surface area contributed by atoms with Crippen molar-refractivity contribution in [3.63, 3.8) is 0 Å². The van der Waals surface area contributed by atoms with Crippen molar-refractivity contribution in [1.82, 2.24) is 20.0 Å². The normalized spacial score (nSPS) is 18.5. The summed E-state index contributed by atoms with van der Waals surface area (Å²) in [6.45, 7) is 9.65. The molecular formula is C27H42N4O6. The van der Waals surface area contributed by atoms with E-state index in [0.717, 1.165) is 23.4 Å². The highest BCUT2D eigenvalue weighted by atomic mass is 16.7. The first-order valence-corrected chi connectivity index (χ1v) is 13.3. The maximum Gasteiger partial charge on any atom is 0.326 e. The number of urea groups is 1.